The quantitative estimate of drug-likeness (QED) is 0.590. The van der Waals surface area contributed by atoms with Crippen molar-refractivity contribution in [2.24, 2.45) is 0 Å². The van der Waals surface area contributed by atoms with Crippen LogP contribution >= 0.6 is 11.8 Å². The first-order valence-corrected chi connectivity index (χ1v) is 7.01. The number of pyridine rings is 1. The molecule has 0 aromatic carbocycles. The molecule has 0 amide bonds. The van der Waals surface area contributed by atoms with Gasteiger partial charge in [0.25, 0.3) is 0 Å². The number of thioether (sulfide) groups is 1. The van der Waals surface area contributed by atoms with E-state index in [9.17, 15) is 5.26 Å². The number of aromatic nitrogens is 1. The second kappa shape index (κ2) is 7.34. The van der Waals surface area contributed by atoms with E-state index in [0.717, 1.165) is 4.90 Å². The van der Waals surface area contributed by atoms with E-state index in [1.165, 1.54) is 26.0 Å². The van der Waals surface area contributed by atoms with E-state index in [2.05, 4.69) is 11.1 Å². The van der Waals surface area contributed by atoms with Crippen LogP contribution < -0.4 is 4.74 Å². The molecule has 0 N–H and O–H groups in total. The topological polar surface area (TPSA) is 64.4 Å². The molecule has 0 aliphatic rings. The smallest absolute Gasteiger partial charge is 0.233 e. The molecular formula is C13H18N2O3S. The summed E-state index contributed by atoms with van der Waals surface area (Å²) in [5.74, 6) is 0.318. The van der Waals surface area contributed by atoms with Crippen LogP contribution in [0.15, 0.2) is 11.0 Å². The number of nitriles is 1. The van der Waals surface area contributed by atoms with E-state index in [4.69, 9.17) is 14.2 Å². The molecule has 0 atom stereocenters. The Bertz CT molecular complexity index is 468. The summed E-state index contributed by atoms with van der Waals surface area (Å²) in [6, 6.07) is 3.92. The molecule has 104 valence electrons. The summed E-state index contributed by atoms with van der Waals surface area (Å²) >= 11 is 1.46. The van der Waals surface area contributed by atoms with E-state index < -0.39 is 6.29 Å². The van der Waals surface area contributed by atoms with Gasteiger partial charge in [0.1, 0.15) is 17.3 Å². The maximum absolute atomic E-state index is 9.24. The molecule has 19 heavy (non-hydrogen) atoms. The number of methoxy groups -OCH3 is 2. The second-order valence-corrected chi connectivity index (χ2v) is 4.86. The fourth-order valence-corrected chi connectivity index (χ4v) is 2.12. The standard InChI is InChI=1S/C13H18N2O3S/c1-8(2)18-12-9(7-14)11(19-5)6-10(15-12)13(16-3)17-4/h6,8,13H,1-5H3. The Hall–Kier alpha value is -1.29. The Morgan fingerprint density at radius 3 is 2.37 bits per heavy atom. The van der Waals surface area contributed by atoms with Crippen LogP contribution in [-0.4, -0.2) is 31.6 Å². The normalized spacial score (nSPS) is 10.8. The maximum atomic E-state index is 9.24. The number of nitrogens with zero attached hydrogens (tertiary/aromatic N) is 2. The van der Waals surface area contributed by atoms with Gasteiger partial charge < -0.3 is 14.2 Å². The lowest BCUT2D eigenvalue weighted by atomic mass is 10.2. The number of rotatable bonds is 6. The lowest BCUT2D eigenvalue weighted by Crippen LogP contribution is -2.12. The van der Waals surface area contributed by atoms with Gasteiger partial charge >= 0.3 is 0 Å². The van der Waals surface area contributed by atoms with Gasteiger partial charge in [-0.05, 0) is 26.2 Å². The predicted octanol–water partition coefficient (Wildman–Crippen LogP) is 2.75. The molecule has 0 saturated carbocycles. The molecule has 5 nitrogen and oxygen atoms in total. The van der Waals surface area contributed by atoms with Gasteiger partial charge in [-0.25, -0.2) is 4.98 Å². The van der Waals surface area contributed by atoms with Crippen LogP contribution in [0, 0.1) is 11.3 Å². The molecule has 1 heterocycles. The lowest BCUT2D eigenvalue weighted by molar-refractivity contribution is -0.109. The molecule has 0 fully saturated rings. The minimum absolute atomic E-state index is 0.0619. The van der Waals surface area contributed by atoms with Crippen LogP contribution in [-0.2, 0) is 9.47 Å². The summed E-state index contributed by atoms with van der Waals surface area (Å²) < 4.78 is 16.0. The summed E-state index contributed by atoms with van der Waals surface area (Å²) in [4.78, 5) is 5.12. The molecule has 0 unspecified atom stereocenters. The van der Waals surface area contributed by atoms with E-state index in [1.54, 1.807) is 6.07 Å². The summed E-state index contributed by atoms with van der Waals surface area (Å²) in [7, 11) is 3.07. The zero-order valence-corrected chi connectivity index (χ0v) is 12.6. The van der Waals surface area contributed by atoms with Crippen LogP contribution in [0.25, 0.3) is 0 Å². The van der Waals surface area contributed by atoms with Crippen molar-refractivity contribution in [3.63, 3.8) is 0 Å². The average molecular weight is 282 g/mol. The Kier molecular flexibility index (Phi) is 6.09. The highest BCUT2D eigenvalue weighted by Crippen LogP contribution is 2.31. The summed E-state index contributed by atoms with van der Waals surface area (Å²) in [6.45, 7) is 3.77. The van der Waals surface area contributed by atoms with Crippen molar-refractivity contribution >= 4 is 11.8 Å². The first kappa shape index (κ1) is 15.8. The monoisotopic (exact) mass is 282 g/mol. The van der Waals surface area contributed by atoms with Gasteiger partial charge in [0.05, 0.1) is 6.10 Å². The van der Waals surface area contributed by atoms with E-state index >= 15 is 0 Å². The van der Waals surface area contributed by atoms with Gasteiger partial charge in [0.2, 0.25) is 12.2 Å². The van der Waals surface area contributed by atoms with Crippen molar-refractivity contribution in [2.75, 3.05) is 20.5 Å². The van der Waals surface area contributed by atoms with Crippen LogP contribution in [0.1, 0.15) is 31.4 Å². The molecule has 0 bridgehead atoms. The highest BCUT2D eigenvalue weighted by Gasteiger charge is 2.19. The largest absolute Gasteiger partial charge is 0.474 e. The summed E-state index contributed by atoms with van der Waals surface area (Å²) in [5, 5.41) is 9.24. The fraction of sp³-hybridized carbons (Fsp3) is 0.538. The van der Waals surface area contributed by atoms with Crippen molar-refractivity contribution in [1.29, 1.82) is 5.26 Å². The first-order chi connectivity index (χ1) is 9.07. The molecule has 0 radical (unpaired) electrons. The predicted molar refractivity (Wildman–Crippen MR) is 73.3 cm³/mol. The number of hydrogen-bond donors (Lipinski definition) is 0. The molecular weight excluding hydrogens is 264 g/mol. The molecule has 1 aromatic heterocycles. The van der Waals surface area contributed by atoms with Crippen molar-refractivity contribution in [3.8, 4) is 11.9 Å². The molecule has 0 aliphatic carbocycles. The van der Waals surface area contributed by atoms with Gasteiger partial charge in [-0.3, -0.25) is 0 Å². The Morgan fingerprint density at radius 1 is 1.32 bits per heavy atom. The lowest BCUT2D eigenvalue weighted by Gasteiger charge is -2.17. The SMILES string of the molecule is COC(OC)c1cc(SC)c(C#N)c(OC(C)C)n1. The van der Waals surface area contributed by atoms with Gasteiger partial charge in [0.15, 0.2) is 0 Å². The zero-order valence-electron chi connectivity index (χ0n) is 11.8. The van der Waals surface area contributed by atoms with Crippen molar-refractivity contribution in [2.45, 2.75) is 31.1 Å². The number of ether oxygens (including phenoxy) is 3. The van der Waals surface area contributed by atoms with Gasteiger partial charge in [-0.15, -0.1) is 11.8 Å². The summed E-state index contributed by atoms with van der Waals surface area (Å²) in [5.41, 5.74) is 1.03. The molecule has 0 saturated heterocycles. The molecule has 0 spiro atoms. The first-order valence-electron chi connectivity index (χ1n) is 5.78. The van der Waals surface area contributed by atoms with Crippen LogP contribution in [0.4, 0.5) is 0 Å². The van der Waals surface area contributed by atoms with Gasteiger partial charge in [0, 0.05) is 19.1 Å². The third-order valence-corrected chi connectivity index (χ3v) is 3.08. The third-order valence-electron chi connectivity index (χ3n) is 2.32. The molecule has 1 aromatic rings. The van der Waals surface area contributed by atoms with Crippen molar-refractivity contribution in [1.82, 2.24) is 4.98 Å². The Balaban J connectivity index is 3.33. The Labute approximate surface area is 117 Å². The number of hydrogen-bond acceptors (Lipinski definition) is 6. The van der Waals surface area contributed by atoms with E-state index in [1.807, 2.05) is 20.1 Å². The highest BCUT2D eigenvalue weighted by molar-refractivity contribution is 7.98. The van der Waals surface area contributed by atoms with Gasteiger partial charge in [-0.2, -0.15) is 5.26 Å². The molecule has 0 aliphatic heterocycles. The van der Waals surface area contributed by atoms with Crippen molar-refractivity contribution in [3.05, 3.63) is 17.3 Å². The third kappa shape index (κ3) is 3.83. The molecule has 6 heteroatoms. The molecule has 1 rings (SSSR count). The van der Waals surface area contributed by atoms with Crippen LogP contribution in [0.2, 0.25) is 0 Å². The Morgan fingerprint density at radius 2 is 1.95 bits per heavy atom. The highest BCUT2D eigenvalue weighted by atomic mass is 32.2. The maximum Gasteiger partial charge on any atom is 0.233 e. The van der Waals surface area contributed by atoms with Gasteiger partial charge in [-0.1, -0.05) is 0 Å². The van der Waals surface area contributed by atoms with Crippen LogP contribution in [0.5, 0.6) is 5.88 Å². The summed E-state index contributed by atoms with van der Waals surface area (Å²) in [6.07, 6.45) is 1.26. The fourth-order valence-electron chi connectivity index (χ4n) is 1.55. The zero-order chi connectivity index (χ0) is 14.4. The second-order valence-electron chi connectivity index (χ2n) is 4.01. The van der Waals surface area contributed by atoms with E-state index in [-0.39, 0.29) is 6.10 Å². The van der Waals surface area contributed by atoms with Crippen molar-refractivity contribution < 1.29 is 14.2 Å². The minimum atomic E-state index is -0.576. The van der Waals surface area contributed by atoms with E-state index in [0.29, 0.717) is 17.1 Å². The minimum Gasteiger partial charge on any atom is -0.474 e. The average Bonchev–Trinajstić information content (AvgIpc) is 2.38. The van der Waals surface area contributed by atoms with Crippen LogP contribution in [0.3, 0.4) is 0 Å².